The Morgan fingerprint density at radius 3 is 2.68 bits per heavy atom. The molecule has 0 bridgehead atoms. The van der Waals surface area contributed by atoms with Gasteiger partial charge >= 0.3 is 5.69 Å². The number of benzene rings is 2. The second-order valence-corrected chi connectivity index (χ2v) is 5.73. The quantitative estimate of drug-likeness (QED) is 0.421. The van der Waals surface area contributed by atoms with Crippen LogP contribution in [-0.4, -0.2) is 27.3 Å². The minimum absolute atomic E-state index is 0.00335. The topological polar surface area (TPSA) is 129 Å². The van der Waals surface area contributed by atoms with Crippen molar-refractivity contribution < 1.29 is 9.53 Å². The van der Waals surface area contributed by atoms with E-state index in [1.807, 2.05) is 53.5 Å². The molecule has 3 rings (SSSR count). The molecule has 1 aromatic heterocycles. The lowest BCUT2D eigenvalue weighted by atomic mass is 10.2. The van der Waals surface area contributed by atoms with Crippen molar-refractivity contribution in [2.75, 3.05) is 0 Å². The zero-order chi connectivity index (χ0) is 19.8. The molecular formula is C19H17N5O4. The van der Waals surface area contributed by atoms with Crippen LogP contribution in [0.4, 0.5) is 0 Å². The Morgan fingerprint density at radius 2 is 1.89 bits per heavy atom. The predicted molar refractivity (Wildman–Crippen MR) is 102 cm³/mol. The summed E-state index contributed by atoms with van der Waals surface area (Å²) in [4.78, 5) is 36.3. The van der Waals surface area contributed by atoms with E-state index in [0.29, 0.717) is 5.75 Å². The molecule has 28 heavy (non-hydrogen) atoms. The van der Waals surface area contributed by atoms with Crippen LogP contribution in [0, 0.1) is 0 Å². The highest BCUT2D eigenvalue weighted by Crippen LogP contribution is 2.21. The maximum absolute atomic E-state index is 11.8. The summed E-state index contributed by atoms with van der Waals surface area (Å²) in [6.07, 6.45) is 1.56. The number of H-pyrrole nitrogens is 2. The molecule has 0 spiro atoms. The van der Waals surface area contributed by atoms with E-state index in [4.69, 9.17) is 4.74 Å². The van der Waals surface area contributed by atoms with E-state index in [2.05, 4.69) is 20.7 Å². The lowest BCUT2D eigenvalue weighted by molar-refractivity contribution is -0.121. The normalized spacial score (nSPS) is 10.7. The van der Waals surface area contributed by atoms with E-state index in [0.717, 1.165) is 11.3 Å². The van der Waals surface area contributed by atoms with Gasteiger partial charge in [0.05, 0.1) is 6.21 Å². The predicted octanol–water partition coefficient (Wildman–Crippen LogP) is 1.33. The monoisotopic (exact) mass is 379 g/mol. The first kappa shape index (κ1) is 18.8. The van der Waals surface area contributed by atoms with Crippen LogP contribution in [0.1, 0.15) is 17.7 Å². The highest BCUT2D eigenvalue weighted by Gasteiger charge is 2.06. The molecule has 9 heteroatoms. The fourth-order valence-electron chi connectivity index (χ4n) is 2.29. The van der Waals surface area contributed by atoms with Crippen LogP contribution >= 0.6 is 0 Å². The third-order valence-corrected chi connectivity index (χ3v) is 3.61. The molecule has 0 unspecified atom stereocenters. The van der Waals surface area contributed by atoms with Gasteiger partial charge < -0.3 is 4.74 Å². The Hall–Kier alpha value is -4.01. The number of para-hydroxylation sites is 1. The third kappa shape index (κ3) is 5.49. The summed E-state index contributed by atoms with van der Waals surface area (Å²) >= 11 is 0. The van der Waals surface area contributed by atoms with Crippen LogP contribution in [-0.2, 0) is 11.2 Å². The number of aromatic amines is 2. The summed E-state index contributed by atoms with van der Waals surface area (Å²) < 4.78 is 5.74. The summed E-state index contributed by atoms with van der Waals surface area (Å²) in [7, 11) is 0. The molecule has 0 radical (unpaired) electrons. The Kier molecular flexibility index (Phi) is 6.09. The molecule has 3 aromatic rings. The Morgan fingerprint density at radius 1 is 1.11 bits per heavy atom. The Bertz CT molecular complexity index is 1090. The highest BCUT2D eigenvalue weighted by atomic mass is 16.5. The summed E-state index contributed by atoms with van der Waals surface area (Å²) in [6.45, 7) is 0. The van der Waals surface area contributed by atoms with Crippen molar-refractivity contribution in [2.45, 2.75) is 12.8 Å². The molecule has 0 aliphatic rings. The second kappa shape index (κ2) is 9.08. The first-order valence-corrected chi connectivity index (χ1v) is 8.43. The summed E-state index contributed by atoms with van der Waals surface area (Å²) in [6, 6.07) is 16.6. The highest BCUT2D eigenvalue weighted by molar-refractivity contribution is 5.82. The number of aromatic nitrogens is 3. The number of nitrogens with zero attached hydrogens (tertiary/aromatic N) is 2. The number of carbonyl (C=O) groups is 1. The van der Waals surface area contributed by atoms with Crippen molar-refractivity contribution in [2.24, 2.45) is 5.10 Å². The maximum Gasteiger partial charge on any atom is 0.342 e. The number of hydrogen-bond acceptors (Lipinski definition) is 6. The van der Waals surface area contributed by atoms with Crippen molar-refractivity contribution in [3.8, 4) is 11.5 Å². The molecule has 1 amide bonds. The van der Waals surface area contributed by atoms with Gasteiger partial charge in [-0.25, -0.2) is 15.3 Å². The van der Waals surface area contributed by atoms with Crippen molar-refractivity contribution in [1.82, 2.24) is 20.6 Å². The van der Waals surface area contributed by atoms with Crippen LogP contribution in [0.2, 0.25) is 0 Å². The average molecular weight is 379 g/mol. The number of hydrazone groups is 1. The van der Waals surface area contributed by atoms with Crippen molar-refractivity contribution in [3.63, 3.8) is 0 Å². The number of hydrogen-bond donors (Lipinski definition) is 3. The van der Waals surface area contributed by atoms with E-state index < -0.39 is 11.2 Å². The molecule has 1 heterocycles. The van der Waals surface area contributed by atoms with Gasteiger partial charge in [0.2, 0.25) is 5.91 Å². The molecular weight excluding hydrogens is 362 g/mol. The third-order valence-electron chi connectivity index (χ3n) is 3.61. The maximum atomic E-state index is 11.8. The first-order valence-electron chi connectivity index (χ1n) is 8.43. The number of ether oxygens (including phenoxy) is 1. The van der Waals surface area contributed by atoms with Gasteiger partial charge in [-0.3, -0.25) is 14.6 Å². The number of carbonyl (C=O) groups excluding carboxylic acids is 1. The van der Waals surface area contributed by atoms with E-state index >= 15 is 0 Å². The van der Waals surface area contributed by atoms with Gasteiger partial charge in [-0.2, -0.15) is 10.2 Å². The second-order valence-electron chi connectivity index (χ2n) is 5.73. The van der Waals surface area contributed by atoms with E-state index in [1.165, 1.54) is 6.21 Å². The number of nitrogens with one attached hydrogen (secondary N) is 3. The van der Waals surface area contributed by atoms with Gasteiger partial charge in [0.1, 0.15) is 17.2 Å². The molecule has 0 saturated carbocycles. The van der Waals surface area contributed by atoms with E-state index in [9.17, 15) is 14.4 Å². The van der Waals surface area contributed by atoms with Crippen LogP contribution in [0.5, 0.6) is 11.5 Å². The van der Waals surface area contributed by atoms with E-state index in [-0.39, 0.29) is 24.4 Å². The van der Waals surface area contributed by atoms with Crippen molar-refractivity contribution in [1.29, 1.82) is 0 Å². The Labute approximate surface area is 159 Å². The molecule has 0 aliphatic carbocycles. The zero-order valence-electron chi connectivity index (χ0n) is 14.7. The van der Waals surface area contributed by atoms with Crippen molar-refractivity contribution >= 4 is 12.1 Å². The van der Waals surface area contributed by atoms with E-state index in [1.54, 1.807) is 6.07 Å². The number of aryl methyl sites for hydroxylation is 1. The van der Waals surface area contributed by atoms with Gasteiger partial charge in [-0.1, -0.05) is 30.3 Å². The van der Waals surface area contributed by atoms with Crippen LogP contribution in [0.3, 0.4) is 0 Å². The Balaban J connectivity index is 1.52. The molecule has 9 nitrogen and oxygen atoms in total. The largest absolute Gasteiger partial charge is 0.457 e. The molecule has 0 saturated heterocycles. The molecule has 2 aromatic carbocycles. The van der Waals surface area contributed by atoms with Crippen LogP contribution in [0.25, 0.3) is 0 Å². The lowest BCUT2D eigenvalue weighted by Gasteiger charge is -2.05. The number of amides is 1. The fraction of sp³-hybridized carbons (Fsp3) is 0.105. The smallest absolute Gasteiger partial charge is 0.342 e. The van der Waals surface area contributed by atoms with Gasteiger partial charge in [-0.05, 0) is 29.8 Å². The van der Waals surface area contributed by atoms with Crippen molar-refractivity contribution in [3.05, 3.63) is 86.7 Å². The minimum Gasteiger partial charge on any atom is -0.457 e. The first-order chi connectivity index (χ1) is 13.6. The average Bonchev–Trinajstić information content (AvgIpc) is 2.68. The van der Waals surface area contributed by atoms with Gasteiger partial charge in [0, 0.05) is 12.8 Å². The standard InChI is InChI=1S/C19H17N5O4/c25-17(10-9-16-18(26)21-19(27)24-22-16)23-20-12-13-5-4-8-15(11-13)28-14-6-2-1-3-7-14/h1-8,11-12H,9-10H2,(H,23,25)(H2,21,24,26,27)/b20-12+. The summed E-state index contributed by atoms with van der Waals surface area (Å²) in [5.74, 6) is 0.973. The van der Waals surface area contributed by atoms with Crippen LogP contribution < -0.4 is 21.4 Å². The summed E-state index contributed by atoms with van der Waals surface area (Å²) in [5, 5.41) is 9.62. The minimum atomic E-state index is -0.693. The molecule has 0 aliphatic heterocycles. The van der Waals surface area contributed by atoms with Gasteiger partial charge in [0.15, 0.2) is 0 Å². The van der Waals surface area contributed by atoms with Crippen LogP contribution in [0.15, 0.2) is 69.3 Å². The fourth-order valence-corrected chi connectivity index (χ4v) is 2.29. The SMILES string of the molecule is O=C(CCc1n[nH]c(=O)[nH]c1=O)N/N=C/c1cccc(Oc2ccccc2)c1. The van der Waals surface area contributed by atoms with Gasteiger partial charge in [0.25, 0.3) is 5.56 Å². The number of rotatable bonds is 7. The van der Waals surface area contributed by atoms with Gasteiger partial charge in [-0.15, -0.1) is 0 Å². The molecule has 0 fully saturated rings. The molecule has 142 valence electrons. The summed E-state index contributed by atoms with van der Waals surface area (Å²) in [5.41, 5.74) is 1.89. The zero-order valence-corrected chi connectivity index (χ0v) is 14.7. The molecule has 3 N–H and O–H groups in total. The molecule has 0 atom stereocenters. The lowest BCUT2D eigenvalue weighted by Crippen LogP contribution is -2.28.